The van der Waals surface area contributed by atoms with Gasteiger partial charge in [0.05, 0.1) is 31.0 Å². The molecule has 1 aliphatic rings. The fourth-order valence-corrected chi connectivity index (χ4v) is 2.47. The fraction of sp³-hybridized carbons (Fsp3) is 0.455. The molecule has 88 valence electrons. The highest BCUT2D eigenvalue weighted by Crippen LogP contribution is 2.37. The Bertz CT molecular complexity index is 374. The average molecular weight is 336 g/mol. The molecule has 1 aromatic rings. The van der Waals surface area contributed by atoms with Crippen molar-refractivity contribution in [2.45, 2.75) is 6.29 Å². The Balaban J connectivity index is 2.36. The quantitative estimate of drug-likeness (QED) is 0.794. The Morgan fingerprint density at radius 3 is 2.44 bits per heavy atom. The van der Waals surface area contributed by atoms with Crippen molar-refractivity contribution in [2.75, 3.05) is 27.4 Å². The van der Waals surface area contributed by atoms with Crippen molar-refractivity contribution in [3.63, 3.8) is 0 Å². The number of ether oxygens (including phenoxy) is 4. The average Bonchev–Trinajstić information content (AvgIpc) is 2.81. The molecule has 1 saturated heterocycles. The molecule has 0 aliphatic carbocycles. The van der Waals surface area contributed by atoms with Crippen LogP contribution >= 0.6 is 22.6 Å². The number of methoxy groups -OCH3 is 2. The molecule has 0 unspecified atom stereocenters. The maximum Gasteiger partial charge on any atom is 0.184 e. The molecule has 0 aromatic heterocycles. The summed E-state index contributed by atoms with van der Waals surface area (Å²) in [4.78, 5) is 0. The number of benzene rings is 1. The topological polar surface area (TPSA) is 36.9 Å². The molecule has 16 heavy (non-hydrogen) atoms. The highest BCUT2D eigenvalue weighted by molar-refractivity contribution is 14.1. The molecule has 2 rings (SSSR count). The molecular weight excluding hydrogens is 323 g/mol. The third-order valence-electron chi connectivity index (χ3n) is 2.35. The van der Waals surface area contributed by atoms with Gasteiger partial charge in [-0.3, -0.25) is 0 Å². The zero-order valence-corrected chi connectivity index (χ0v) is 11.3. The minimum absolute atomic E-state index is 0.284. The predicted molar refractivity (Wildman–Crippen MR) is 66.9 cm³/mol. The fourth-order valence-electron chi connectivity index (χ4n) is 1.62. The lowest BCUT2D eigenvalue weighted by molar-refractivity contribution is -0.0443. The van der Waals surface area contributed by atoms with Gasteiger partial charge in [0.1, 0.15) is 0 Å². The van der Waals surface area contributed by atoms with Gasteiger partial charge in [0.2, 0.25) is 0 Å². The van der Waals surface area contributed by atoms with Gasteiger partial charge in [-0.25, -0.2) is 0 Å². The summed E-state index contributed by atoms with van der Waals surface area (Å²) in [5, 5.41) is 0. The molecule has 0 atom stereocenters. The maximum atomic E-state index is 5.45. The molecule has 0 bridgehead atoms. The first-order valence-electron chi connectivity index (χ1n) is 4.91. The normalized spacial score (nSPS) is 16.4. The van der Waals surface area contributed by atoms with E-state index in [2.05, 4.69) is 22.6 Å². The van der Waals surface area contributed by atoms with E-state index in [4.69, 9.17) is 18.9 Å². The minimum Gasteiger partial charge on any atom is -0.493 e. The molecule has 0 radical (unpaired) electrons. The van der Waals surface area contributed by atoms with Crippen molar-refractivity contribution in [3.05, 3.63) is 21.3 Å². The minimum atomic E-state index is -0.284. The van der Waals surface area contributed by atoms with E-state index in [0.29, 0.717) is 19.0 Å². The Hall–Kier alpha value is -0.530. The molecule has 1 heterocycles. The van der Waals surface area contributed by atoms with Gasteiger partial charge in [0.25, 0.3) is 0 Å². The van der Waals surface area contributed by atoms with Crippen LogP contribution in [0.5, 0.6) is 11.5 Å². The van der Waals surface area contributed by atoms with Crippen molar-refractivity contribution in [3.8, 4) is 11.5 Å². The van der Waals surface area contributed by atoms with E-state index < -0.39 is 0 Å². The van der Waals surface area contributed by atoms with Crippen LogP contribution in [-0.4, -0.2) is 27.4 Å². The van der Waals surface area contributed by atoms with E-state index in [9.17, 15) is 0 Å². The van der Waals surface area contributed by atoms with Crippen LogP contribution in [0.25, 0.3) is 0 Å². The van der Waals surface area contributed by atoms with Crippen LogP contribution in [0, 0.1) is 3.57 Å². The van der Waals surface area contributed by atoms with Gasteiger partial charge in [-0.15, -0.1) is 0 Å². The van der Waals surface area contributed by atoms with Gasteiger partial charge in [-0.1, -0.05) is 0 Å². The second kappa shape index (κ2) is 5.20. The Morgan fingerprint density at radius 2 is 1.88 bits per heavy atom. The Labute approximate surface area is 108 Å². The lowest BCUT2D eigenvalue weighted by atomic mass is 10.2. The Kier molecular flexibility index (Phi) is 3.88. The second-order valence-corrected chi connectivity index (χ2v) is 4.47. The molecule has 1 aromatic carbocycles. The lowest BCUT2D eigenvalue weighted by Gasteiger charge is -2.14. The summed E-state index contributed by atoms with van der Waals surface area (Å²) >= 11 is 2.21. The van der Waals surface area contributed by atoms with E-state index >= 15 is 0 Å². The summed E-state index contributed by atoms with van der Waals surface area (Å²) in [6.45, 7) is 1.27. The first kappa shape index (κ1) is 11.9. The molecule has 0 N–H and O–H groups in total. The number of hydrogen-bond donors (Lipinski definition) is 0. The van der Waals surface area contributed by atoms with Gasteiger partial charge in [-0.2, -0.15) is 0 Å². The van der Waals surface area contributed by atoms with E-state index in [1.54, 1.807) is 14.2 Å². The van der Waals surface area contributed by atoms with Gasteiger partial charge in [0.15, 0.2) is 17.8 Å². The van der Waals surface area contributed by atoms with Gasteiger partial charge >= 0.3 is 0 Å². The molecule has 0 spiro atoms. The second-order valence-electron chi connectivity index (χ2n) is 3.31. The third kappa shape index (κ3) is 2.26. The van der Waals surface area contributed by atoms with Crippen LogP contribution in [0.3, 0.4) is 0 Å². The van der Waals surface area contributed by atoms with Crippen molar-refractivity contribution in [1.82, 2.24) is 0 Å². The van der Waals surface area contributed by atoms with E-state index in [0.717, 1.165) is 14.9 Å². The van der Waals surface area contributed by atoms with Crippen LogP contribution in [0.1, 0.15) is 11.9 Å². The first-order chi connectivity index (χ1) is 7.76. The summed E-state index contributed by atoms with van der Waals surface area (Å²) < 4.78 is 22.4. The lowest BCUT2D eigenvalue weighted by Crippen LogP contribution is -2.01. The molecular formula is C11H13IO4. The zero-order chi connectivity index (χ0) is 11.5. The highest BCUT2D eigenvalue weighted by atomic mass is 127. The van der Waals surface area contributed by atoms with Crippen molar-refractivity contribution in [1.29, 1.82) is 0 Å². The molecule has 4 nitrogen and oxygen atoms in total. The Morgan fingerprint density at radius 1 is 1.19 bits per heavy atom. The van der Waals surface area contributed by atoms with Crippen molar-refractivity contribution in [2.24, 2.45) is 0 Å². The molecule has 1 fully saturated rings. The summed E-state index contributed by atoms with van der Waals surface area (Å²) in [5.41, 5.74) is 0.958. The maximum absolute atomic E-state index is 5.45. The monoisotopic (exact) mass is 336 g/mol. The summed E-state index contributed by atoms with van der Waals surface area (Å²) in [6, 6.07) is 3.87. The van der Waals surface area contributed by atoms with Crippen molar-refractivity contribution >= 4 is 22.6 Å². The first-order valence-corrected chi connectivity index (χ1v) is 5.98. The van der Waals surface area contributed by atoms with Gasteiger partial charge < -0.3 is 18.9 Å². The summed E-state index contributed by atoms with van der Waals surface area (Å²) in [7, 11) is 3.25. The van der Waals surface area contributed by atoms with Crippen LogP contribution in [-0.2, 0) is 9.47 Å². The van der Waals surface area contributed by atoms with Crippen LogP contribution in [0.4, 0.5) is 0 Å². The van der Waals surface area contributed by atoms with E-state index in [-0.39, 0.29) is 6.29 Å². The third-order valence-corrected chi connectivity index (χ3v) is 3.15. The summed E-state index contributed by atoms with van der Waals surface area (Å²) in [5.74, 6) is 1.44. The van der Waals surface area contributed by atoms with Crippen LogP contribution in [0.2, 0.25) is 0 Å². The van der Waals surface area contributed by atoms with E-state index in [1.165, 1.54) is 0 Å². The smallest absolute Gasteiger partial charge is 0.184 e. The SMILES string of the molecule is COc1cc(C2OCCO2)cc(I)c1OC. The van der Waals surface area contributed by atoms with Crippen LogP contribution < -0.4 is 9.47 Å². The number of rotatable bonds is 3. The summed E-state index contributed by atoms with van der Waals surface area (Å²) in [6.07, 6.45) is -0.284. The molecule has 0 saturated carbocycles. The standard InChI is InChI=1S/C11H13IO4/c1-13-9-6-7(11-15-3-4-16-11)5-8(12)10(9)14-2/h5-6,11H,3-4H2,1-2H3. The molecule has 1 aliphatic heterocycles. The number of halogens is 1. The zero-order valence-electron chi connectivity index (χ0n) is 9.16. The molecule has 0 amide bonds. The van der Waals surface area contributed by atoms with E-state index in [1.807, 2.05) is 12.1 Å². The molecule has 5 heteroatoms. The number of hydrogen-bond acceptors (Lipinski definition) is 4. The predicted octanol–water partition coefficient (Wildman–Crippen LogP) is 2.35. The highest BCUT2D eigenvalue weighted by Gasteiger charge is 2.21. The van der Waals surface area contributed by atoms with Gasteiger partial charge in [-0.05, 0) is 34.7 Å². The largest absolute Gasteiger partial charge is 0.493 e. The van der Waals surface area contributed by atoms with Crippen LogP contribution in [0.15, 0.2) is 12.1 Å². The van der Waals surface area contributed by atoms with Crippen molar-refractivity contribution < 1.29 is 18.9 Å². The van der Waals surface area contributed by atoms with Gasteiger partial charge in [0, 0.05) is 5.56 Å².